The normalized spacial score (nSPS) is 11.7. The molecule has 0 aliphatic carbocycles. The van der Waals surface area contributed by atoms with Crippen LogP contribution in [0, 0.1) is 11.3 Å². The summed E-state index contributed by atoms with van der Waals surface area (Å²) in [5.74, 6) is 0.143. The van der Waals surface area contributed by atoms with Crippen LogP contribution in [-0.4, -0.2) is 27.0 Å². The molecule has 1 amide bonds. The first-order valence-corrected chi connectivity index (χ1v) is 8.19. The van der Waals surface area contributed by atoms with Crippen LogP contribution in [0.3, 0.4) is 0 Å². The topological polar surface area (TPSA) is 82.4 Å². The summed E-state index contributed by atoms with van der Waals surface area (Å²) >= 11 is 0. The van der Waals surface area contributed by atoms with Crippen LogP contribution in [0.4, 0.5) is 0 Å². The van der Waals surface area contributed by atoms with Gasteiger partial charge in [-0.2, -0.15) is 5.26 Å². The number of carbonyl (C=O) groups is 1. The number of aliphatic hydroxyl groups is 1. The molecule has 0 saturated heterocycles. The fraction of sp³-hybridized carbons (Fsp3) is 0.200. The quantitative estimate of drug-likeness (QED) is 0.742. The molecule has 0 aliphatic rings. The Kier molecular flexibility index (Phi) is 5.20. The first kappa shape index (κ1) is 17.5. The third kappa shape index (κ3) is 3.85. The zero-order chi connectivity index (χ0) is 18.5. The van der Waals surface area contributed by atoms with E-state index in [0.717, 1.165) is 5.56 Å². The van der Waals surface area contributed by atoms with E-state index in [1.807, 2.05) is 36.4 Å². The maximum absolute atomic E-state index is 13.1. The molecule has 1 N–H and O–H groups in total. The standard InChI is InChI=1S/C20H19N3O3/c1-22-12-16(11-21)10-17(22)20(25)23(13-15-6-3-2-4-7-15)14-18(24)19-8-5-9-26-19/h2-10,12,18,24H,13-14H2,1H3. The lowest BCUT2D eigenvalue weighted by molar-refractivity contribution is 0.0555. The maximum atomic E-state index is 13.1. The molecule has 1 aromatic carbocycles. The Labute approximate surface area is 151 Å². The van der Waals surface area contributed by atoms with Crippen LogP contribution in [-0.2, 0) is 13.6 Å². The van der Waals surface area contributed by atoms with Crippen molar-refractivity contribution in [3.05, 3.63) is 83.6 Å². The molecule has 0 radical (unpaired) electrons. The number of hydrogen-bond donors (Lipinski definition) is 1. The fourth-order valence-corrected chi connectivity index (χ4v) is 2.80. The molecule has 132 valence electrons. The highest BCUT2D eigenvalue weighted by atomic mass is 16.4. The number of rotatable bonds is 6. The molecule has 2 aromatic heterocycles. The van der Waals surface area contributed by atoms with E-state index >= 15 is 0 Å². The number of nitrogens with zero attached hydrogens (tertiary/aromatic N) is 3. The molecule has 0 saturated carbocycles. The van der Waals surface area contributed by atoms with Gasteiger partial charge in [0.05, 0.1) is 18.4 Å². The lowest BCUT2D eigenvalue weighted by Gasteiger charge is -2.25. The van der Waals surface area contributed by atoms with Crippen molar-refractivity contribution in [2.24, 2.45) is 7.05 Å². The third-order valence-corrected chi connectivity index (χ3v) is 4.12. The number of aromatic nitrogens is 1. The predicted octanol–water partition coefficient (Wildman–Crippen LogP) is 2.87. The van der Waals surface area contributed by atoms with Crippen molar-refractivity contribution in [2.75, 3.05) is 6.54 Å². The summed E-state index contributed by atoms with van der Waals surface area (Å²) < 4.78 is 6.86. The largest absolute Gasteiger partial charge is 0.467 e. The number of hydrogen-bond acceptors (Lipinski definition) is 4. The minimum Gasteiger partial charge on any atom is -0.467 e. The molecule has 6 heteroatoms. The lowest BCUT2D eigenvalue weighted by Crippen LogP contribution is -2.35. The van der Waals surface area contributed by atoms with Crippen LogP contribution in [0.5, 0.6) is 0 Å². The van der Waals surface area contributed by atoms with E-state index in [4.69, 9.17) is 9.68 Å². The summed E-state index contributed by atoms with van der Waals surface area (Å²) in [6.07, 6.45) is 2.16. The van der Waals surface area contributed by atoms with Crippen molar-refractivity contribution < 1.29 is 14.3 Å². The van der Waals surface area contributed by atoms with E-state index in [2.05, 4.69) is 0 Å². The first-order chi connectivity index (χ1) is 12.6. The molecule has 3 aromatic rings. The smallest absolute Gasteiger partial charge is 0.270 e. The molecule has 6 nitrogen and oxygen atoms in total. The van der Waals surface area contributed by atoms with Crippen molar-refractivity contribution in [1.82, 2.24) is 9.47 Å². The van der Waals surface area contributed by atoms with Crippen LogP contribution in [0.1, 0.15) is 33.5 Å². The average Bonchev–Trinajstić information content (AvgIpc) is 3.31. The Balaban J connectivity index is 1.87. The molecule has 0 bridgehead atoms. The first-order valence-electron chi connectivity index (χ1n) is 8.19. The van der Waals surface area contributed by atoms with E-state index in [1.165, 1.54) is 6.26 Å². The molecule has 3 rings (SSSR count). The molecule has 0 aliphatic heterocycles. The van der Waals surface area contributed by atoms with Gasteiger partial charge < -0.3 is 19.0 Å². The number of amides is 1. The van der Waals surface area contributed by atoms with Gasteiger partial charge in [0, 0.05) is 19.8 Å². The van der Waals surface area contributed by atoms with Crippen molar-refractivity contribution in [3.8, 4) is 6.07 Å². The monoisotopic (exact) mass is 349 g/mol. The van der Waals surface area contributed by atoms with Gasteiger partial charge in [0.25, 0.3) is 5.91 Å². The van der Waals surface area contributed by atoms with Crippen LogP contribution in [0.25, 0.3) is 0 Å². The van der Waals surface area contributed by atoms with E-state index in [1.54, 1.807) is 40.9 Å². The van der Waals surface area contributed by atoms with Gasteiger partial charge in [0.1, 0.15) is 23.6 Å². The summed E-state index contributed by atoms with van der Waals surface area (Å²) in [4.78, 5) is 14.6. The van der Waals surface area contributed by atoms with Gasteiger partial charge in [0.15, 0.2) is 0 Å². The molecule has 0 spiro atoms. The van der Waals surface area contributed by atoms with Crippen LogP contribution in [0.15, 0.2) is 65.4 Å². The molecule has 1 atom stereocenters. The summed E-state index contributed by atoms with van der Waals surface area (Å²) in [6.45, 7) is 0.415. The van der Waals surface area contributed by atoms with E-state index in [-0.39, 0.29) is 12.5 Å². The second-order valence-electron chi connectivity index (χ2n) is 6.04. The molecule has 1 unspecified atom stereocenters. The maximum Gasteiger partial charge on any atom is 0.270 e. The average molecular weight is 349 g/mol. The van der Waals surface area contributed by atoms with Crippen molar-refractivity contribution in [2.45, 2.75) is 12.6 Å². The Morgan fingerprint density at radius 1 is 1.31 bits per heavy atom. The van der Waals surface area contributed by atoms with Crippen LogP contribution in [0.2, 0.25) is 0 Å². The van der Waals surface area contributed by atoms with Crippen LogP contribution < -0.4 is 0 Å². The van der Waals surface area contributed by atoms with Gasteiger partial charge in [-0.25, -0.2) is 0 Å². The molecular formula is C20H19N3O3. The van der Waals surface area contributed by atoms with Gasteiger partial charge in [-0.3, -0.25) is 4.79 Å². The summed E-state index contributed by atoms with van der Waals surface area (Å²) in [5.41, 5.74) is 1.76. The minimum absolute atomic E-state index is 0.0777. The second kappa shape index (κ2) is 7.72. The van der Waals surface area contributed by atoms with E-state index in [9.17, 15) is 9.90 Å². The number of furan rings is 1. The molecule has 0 fully saturated rings. The third-order valence-electron chi connectivity index (χ3n) is 4.12. The number of aryl methyl sites for hydroxylation is 1. The summed E-state index contributed by atoms with van der Waals surface area (Å²) in [7, 11) is 1.72. The van der Waals surface area contributed by atoms with Gasteiger partial charge >= 0.3 is 0 Å². The van der Waals surface area contributed by atoms with Gasteiger partial charge in [-0.05, 0) is 23.8 Å². The van der Waals surface area contributed by atoms with Gasteiger partial charge in [0.2, 0.25) is 0 Å². The molecule has 2 heterocycles. The molecular weight excluding hydrogens is 330 g/mol. The highest BCUT2D eigenvalue weighted by Gasteiger charge is 2.24. The molecule has 26 heavy (non-hydrogen) atoms. The van der Waals surface area contributed by atoms with E-state index in [0.29, 0.717) is 23.6 Å². The number of nitriles is 1. The Hall–Kier alpha value is -3.30. The fourth-order valence-electron chi connectivity index (χ4n) is 2.80. The number of benzene rings is 1. The number of carbonyl (C=O) groups excluding carboxylic acids is 1. The highest BCUT2D eigenvalue weighted by Crippen LogP contribution is 2.19. The zero-order valence-corrected chi connectivity index (χ0v) is 14.4. The van der Waals surface area contributed by atoms with Gasteiger partial charge in [-0.15, -0.1) is 0 Å². The number of aliphatic hydroxyl groups excluding tert-OH is 1. The summed E-state index contributed by atoms with van der Waals surface area (Å²) in [6, 6.07) is 16.5. The Morgan fingerprint density at radius 2 is 2.08 bits per heavy atom. The minimum atomic E-state index is -0.937. The highest BCUT2D eigenvalue weighted by molar-refractivity contribution is 5.93. The van der Waals surface area contributed by atoms with E-state index < -0.39 is 6.10 Å². The summed E-state index contributed by atoms with van der Waals surface area (Å²) in [5, 5.41) is 19.5. The van der Waals surface area contributed by atoms with Crippen molar-refractivity contribution in [3.63, 3.8) is 0 Å². The van der Waals surface area contributed by atoms with Crippen molar-refractivity contribution >= 4 is 5.91 Å². The predicted molar refractivity (Wildman–Crippen MR) is 95.0 cm³/mol. The Bertz CT molecular complexity index is 908. The van der Waals surface area contributed by atoms with Gasteiger partial charge in [-0.1, -0.05) is 30.3 Å². The van der Waals surface area contributed by atoms with Crippen LogP contribution >= 0.6 is 0 Å². The zero-order valence-electron chi connectivity index (χ0n) is 14.4. The second-order valence-corrected chi connectivity index (χ2v) is 6.04. The Morgan fingerprint density at radius 3 is 2.69 bits per heavy atom. The van der Waals surface area contributed by atoms with Crippen molar-refractivity contribution in [1.29, 1.82) is 5.26 Å². The SMILES string of the molecule is Cn1cc(C#N)cc1C(=O)N(Cc1ccccc1)CC(O)c1ccco1. The lowest BCUT2D eigenvalue weighted by atomic mass is 10.1.